The molecule has 0 aliphatic heterocycles. The molecule has 1 amide bonds. The summed E-state index contributed by atoms with van der Waals surface area (Å²) in [5.41, 5.74) is 7.16. The maximum absolute atomic E-state index is 11.8. The SMILES string of the molecule is Cc1cc(C(=O)NCCC(C)(C)C)cc(N)n1. The van der Waals surface area contributed by atoms with Crippen LogP contribution in [-0.2, 0) is 0 Å². The van der Waals surface area contributed by atoms with E-state index in [1.54, 1.807) is 12.1 Å². The van der Waals surface area contributed by atoms with E-state index in [1.165, 1.54) is 0 Å². The molecule has 0 fully saturated rings. The van der Waals surface area contributed by atoms with Gasteiger partial charge in [-0.2, -0.15) is 0 Å². The summed E-state index contributed by atoms with van der Waals surface area (Å²) in [6.07, 6.45) is 0.943. The first-order valence-electron chi connectivity index (χ1n) is 5.80. The molecular formula is C13H21N3O. The third-order valence-corrected chi connectivity index (χ3v) is 2.40. The Hall–Kier alpha value is -1.58. The van der Waals surface area contributed by atoms with Crippen molar-refractivity contribution in [3.8, 4) is 0 Å². The number of nitrogens with one attached hydrogen (secondary N) is 1. The molecular weight excluding hydrogens is 214 g/mol. The predicted octanol–water partition coefficient (Wildman–Crippen LogP) is 2.14. The van der Waals surface area contributed by atoms with Crippen molar-refractivity contribution in [1.29, 1.82) is 0 Å². The van der Waals surface area contributed by atoms with Crippen LogP contribution in [-0.4, -0.2) is 17.4 Å². The molecule has 17 heavy (non-hydrogen) atoms. The lowest BCUT2D eigenvalue weighted by Gasteiger charge is -2.18. The van der Waals surface area contributed by atoms with E-state index in [1.807, 2.05) is 6.92 Å². The summed E-state index contributed by atoms with van der Waals surface area (Å²) in [4.78, 5) is 15.9. The minimum atomic E-state index is -0.0912. The molecule has 1 aromatic heterocycles. The minimum Gasteiger partial charge on any atom is -0.384 e. The lowest BCUT2D eigenvalue weighted by Crippen LogP contribution is -2.27. The highest BCUT2D eigenvalue weighted by molar-refractivity contribution is 5.94. The number of aryl methyl sites for hydroxylation is 1. The molecule has 1 heterocycles. The third-order valence-electron chi connectivity index (χ3n) is 2.40. The molecule has 1 rings (SSSR count). The number of nitrogen functional groups attached to an aromatic ring is 1. The molecule has 0 bridgehead atoms. The van der Waals surface area contributed by atoms with Crippen LogP contribution in [0.5, 0.6) is 0 Å². The molecule has 1 aromatic rings. The number of nitrogens with two attached hydrogens (primary N) is 1. The van der Waals surface area contributed by atoms with Crippen LogP contribution >= 0.6 is 0 Å². The molecule has 0 unspecified atom stereocenters. The molecule has 0 radical (unpaired) electrons. The van der Waals surface area contributed by atoms with Gasteiger partial charge in [-0.15, -0.1) is 0 Å². The van der Waals surface area contributed by atoms with Crippen molar-refractivity contribution in [2.75, 3.05) is 12.3 Å². The van der Waals surface area contributed by atoms with Gasteiger partial charge >= 0.3 is 0 Å². The average molecular weight is 235 g/mol. The summed E-state index contributed by atoms with van der Waals surface area (Å²) in [6, 6.07) is 3.34. The standard InChI is InChI=1S/C13H21N3O/c1-9-7-10(8-11(14)16-9)12(17)15-6-5-13(2,3)4/h7-8H,5-6H2,1-4H3,(H2,14,16)(H,15,17). The summed E-state index contributed by atoms with van der Waals surface area (Å²) >= 11 is 0. The zero-order valence-electron chi connectivity index (χ0n) is 11.0. The Morgan fingerprint density at radius 3 is 2.59 bits per heavy atom. The van der Waals surface area contributed by atoms with Gasteiger partial charge in [0.15, 0.2) is 0 Å². The van der Waals surface area contributed by atoms with E-state index in [-0.39, 0.29) is 11.3 Å². The maximum atomic E-state index is 11.8. The number of hydrogen-bond donors (Lipinski definition) is 2. The van der Waals surface area contributed by atoms with Gasteiger partial charge in [-0.1, -0.05) is 20.8 Å². The fourth-order valence-corrected chi connectivity index (χ4v) is 1.48. The van der Waals surface area contributed by atoms with Gasteiger partial charge < -0.3 is 11.1 Å². The van der Waals surface area contributed by atoms with E-state index >= 15 is 0 Å². The van der Waals surface area contributed by atoms with E-state index in [2.05, 4.69) is 31.1 Å². The topological polar surface area (TPSA) is 68.0 Å². The van der Waals surface area contributed by atoms with Gasteiger partial charge in [0.25, 0.3) is 5.91 Å². The van der Waals surface area contributed by atoms with Crippen LogP contribution in [0.2, 0.25) is 0 Å². The zero-order chi connectivity index (χ0) is 13.1. The summed E-state index contributed by atoms with van der Waals surface area (Å²) in [6.45, 7) is 8.93. The number of hydrogen-bond acceptors (Lipinski definition) is 3. The number of amides is 1. The van der Waals surface area contributed by atoms with Gasteiger partial charge in [-0.25, -0.2) is 4.98 Å². The van der Waals surface area contributed by atoms with Gasteiger partial charge in [0.05, 0.1) is 0 Å². The number of nitrogens with zero attached hydrogens (tertiary/aromatic N) is 1. The Balaban J connectivity index is 2.58. The van der Waals surface area contributed by atoms with Crippen molar-refractivity contribution in [2.45, 2.75) is 34.1 Å². The lowest BCUT2D eigenvalue weighted by atomic mass is 9.92. The minimum absolute atomic E-state index is 0.0912. The van der Waals surface area contributed by atoms with Crippen LogP contribution in [0.4, 0.5) is 5.82 Å². The fourth-order valence-electron chi connectivity index (χ4n) is 1.48. The van der Waals surface area contributed by atoms with Crippen molar-refractivity contribution < 1.29 is 4.79 Å². The molecule has 3 N–H and O–H groups in total. The number of carbonyl (C=O) groups is 1. The highest BCUT2D eigenvalue weighted by atomic mass is 16.1. The highest BCUT2D eigenvalue weighted by Crippen LogP contribution is 2.17. The number of carbonyl (C=O) groups excluding carboxylic acids is 1. The molecule has 4 heteroatoms. The molecule has 0 aromatic carbocycles. The molecule has 0 atom stereocenters. The Morgan fingerprint density at radius 2 is 2.06 bits per heavy atom. The summed E-state index contributed by atoms with van der Waals surface area (Å²) in [5.74, 6) is 0.289. The first-order chi connectivity index (χ1) is 7.78. The summed E-state index contributed by atoms with van der Waals surface area (Å²) in [5, 5.41) is 2.89. The normalized spacial score (nSPS) is 11.3. The zero-order valence-corrected chi connectivity index (χ0v) is 11.0. The number of anilines is 1. The second-order valence-corrected chi connectivity index (χ2v) is 5.49. The number of aromatic nitrogens is 1. The molecule has 0 aliphatic carbocycles. The Morgan fingerprint density at radius 1 is 1.41 bits per heavy atom. The van der Waals surface area contributed by atoms with Crippen molar-refractivity contribution in [3.63, 3.8) is 0 Å². The number of rotatable bonds is 3. The van der Waals surface area contributed by atoms with Crippen molar-refractivity contribution in [1.82, 2.24) is 10.3 Å². The van der Waals surface area contributed by atoms with Crippen LogP contribution < -0.4 is 11.1 Å². The van der Waals surface area contributed by atoms with Crippen molar-refractivity contribution in [2.24, 2.45) is 5.41 Å². The van der Waals surface area contributed by atoms with Gasteiger partial charge in [0, 0.05) is 17.8 Å². The van der Waals surface area contributed by atoms with Gasteiger partial charge in [-0.05, 0) is 30.9 Å². The molecule has 0 spiro atoms. The predicted molar refractivity (Wildman–Crippen MR) is 69.8 cm³/mol. The van der Waals surface area contributed by atoms with Gasteiger partial charge in [0.1, 0.15) is 5.82 Å². The molecule has 4 nitrogen and oxygen atoms in total. The van der Waals surface area contributed by atoms with Gasteiger partial charge in [-0.3, -0.25) is 4.79 Å². The molecule has 0 saturated carbocycles. The van der Waals surface area contributed by atoms with E-state index in [4.69, 9.17) is 5.73 Å². The van der Waals surface area contributed by atoms with Crippen molar-refractivity contribution >= 4 is 11.7 Å². The summed E-state index contributed by atoms with van der Waals surface area (Å²) in [7, 11) is 0. The Bertz CT molecular complexity index is 387. The quantitative estimate of drug-likeness (QED) is 0.843. The highest BCUT2D eigenvalue weighted by Gasteiger charge is 2.12. The van der Waals surface area contributed by atoms with E-state index in [0.717, 1.165) is 12.1 Å². The van der Waals surface area contributed by atoms with E-state index in [9.17, 15) is 4.79 Å². The van der Waals surface area contributed by atoms with Crippen LogP contribution in [0.25, 0.3) is 0 Å². The first kappa shape index (κ1) is 13.5. The molecule has 0 aliphatic rings. The van der Waals surface area contributed by atoms with Crippen molar-refractivity contribution in [3.05, 3.63) is 23.4 Å². The Kier molecular flexibility index (Phi) is 4.10. The smallest absolute Gasteiger partial charge is 0.251 e. The monoisotopic (exact) mass is 235 g/mol. The van der Waals surface area contributed by atoms with Crippen LogP contribution in [0.15, 0.2) is 12.1 Å². The maximum Gasteiger partial charge on any atom is 0.251 e. The second kappa shape index (κ2) is 5.17. The molecule has 0 saturated heterocycles. The summed E-state index contributed by atoms with van der Waals surface area (Å²) < 4.78 is 0. The lowest BCUT2D eigenvalue weighted by molar-refractivity contribution is 0.0949. The largest absolute Gasteiger partial charge is 0.384 e. The van der Waals surface area contributed by atoms with Crippen LogP contribution in [0.3, 0.4) is 0 Å². The third kappa shape index (κ3) is 4.85. The van der Waals surface area contributed by atoms with E-state index < -0.39 is 0 Å². The van der Waals surface area contributed by atoms with E-state index in [0.29, 0.717) is 17.9 Å². The second-order valence-electron chi connectivity index (χ2n) is 5.49. The van der Waals surface area contributed by atoms with Crippen LogP contribution in [0.1, 0.15) is 43.2 Å². The van der Waals surface area contributed by atoms with Crippen LogP contribution in [0, 0.1) is 12.3 Å². The average Bonchev–Trinajstić information content (AvgIpc) is 2.13. The number of pyridine rings is 1. The molecule has 94 valence electrons. The first-order valence-corrected chi connectivity index (χ1v) is 5.80. The van der Waals surface area contributed by atoms with Gasteiger partial charge in [0.2, 0.25) is 0 Å². The fraction of sp³-hybridized carbons (Fsp3) is 0.538. The Labute approximate surface area is 103 Å².